The normalized spacial score (nSPS) is 16.1. The van der Waals surface area contributed by atoms with Gasteiger partial charge in [0.2, 0.25) is 5.91 Å². The van der Waals surface area contributed by atoms with Gasteiger partial charge < -0.3 is 14.6 Å². The van der Waals surface area contributed by atoms with Gasteiger partial charge >= 0.3 is 0 Å². The number of amides is 1. The Hall–Kier alpha value is -2.93. The molecule has 1 amide bonds. The molecule has 1 N–H and O–H groups in total. The lowest BCUT2D eigenvalue weighted by Crippen LogP contribution is -2.31. The highest BCUT2D eigenvalue weighted by Crippen LogP contribution is 2.32. The van der Waals surface area contributed by atoms with Gasteiger partial charge in [-0.1, -0.05) is 11.3 Å². The van der Waals surface area contributed by atoms with E-state index in [0.717, 1.165) is 16.2 Å². The zero-order valence-corrected chi connectivity index (χ0v) is 16.5. The number of nitrogens with zero attached hydrogens (tertiary/aromatic N) is 2. The number of aromatic nitrogens is 2. The highest BCUT2D eigenvalue weighted by Gasteiger charge is 2.29. The standard InChI is InChI=1S/C21H21N3O3S/c1-13(2)27-15-7-5-14(6-8-15)19-12-22-21(28-19)23-20(26)17-9-10-18(25)16-4-3-11-24(16)17/h3-8,11-13,17H,9-10H2,1-2H3,(H,22,23,26). The summed E-state index contributed by atoms with van der Waals surface area (Å²) in [5.41, 5.74) is 1.61. The van der Waals surface area contributed by atoms with Crippen LogP contribution in [0.5, 0.6) is 5.75 Å². The van der Waals surface area contributed by atoms with Crippen molar-refractivity contribution in [2.75, 3.05) is 5.32 Å². The molecule has 0 saturated carbocycles. The third kappa shape index (κ3) is 3.71. The Morgan fingerprint density at radius 1 is 1.29 bits per heavy atom. The van der Waals surface area contributed by atoms with Crippen molar-refractivity contribution < 1.29 is 14.3 Å². The van der Waals surface area contributed by atoms with Crippen LogP contribution in [0, 0.1) is 0 Å². The predicted octanol–water partition coefficient (Wildman–Crippen LogP) is 4.56. The minimum Gasteiger partial charge on any atom is -0.491 e. The van der Waals surface area contributed by atoms with Crippen molar-refractivity contribution in [1.82, 2.24) is 9.55 Å². The van der Waals surface area contributed by atoms with Crippen molar-refractivity contribution in [3.05, 3.63) is 54.5 Å². The summed E-state index contributed by atoms with van der Waals surface area (Å²) in [5.74, 6) is 0.758. The fourth-order valence-electron chi connectivity index (χ4n) is 3.32. The lowest BCUT2D eigenvalue weighted by molar-refractivity contribution is -0.119. The van der Waals surface area contributed by atoms with E-state index in [1.54, 1.807) is 29.1 Å². The van der Waals surface area contributed by atoms with E-state index in [9.17, 15) is 9.59 Å². The molecule has 1 aliphatic rings. The number of rotatable bonds is 5. The quantitative estimate of drug-likeness (QED) is 0.688. The largest absolute Gasteiger partial charge is 0.491 e. The molecule has 1 atom stereocenters. The molecule has 1 aromatic carbocycles. The molecule has 0 radical (unpaired) electrons. The fourth-order valence-corrected chi connectivity index (χ4v) is 4.14. The van der Waals surface area contributed by atoms with Gasteiger partial charge in [-0.2, -0.15) is 0 Å². The molecule has 0 bridgehead atoms. The number of carbonyl (C=O) groups excluding carboxylic acids is 2. The Bertz CT molecular complexity index is 1000. The Labute approximate surface area is 167 Å². The Morgan fingerprint density at radius 3 is 2.82 bits per heavy atom. The molecule has 0 saturated heterocycles. The van der Waals surface area contributed by atoms with Crippen molar-refractivity contribution in [1.29, 1.82) is 0 Å². The third-order valence-corrected chi connectivity index (χ3v) is 5.56. The second kappa shape index (κ2) is 7.59. The van der Waals surface area contributed by atoms with Gasteiger partial charge in [-0.25, -0.2) is 4.98 Å². The zero-order chi connectivity index (χ0) is 19.7. The first-order chi connectivity index (χ1) is 13.5. The van der Waals surface area contributed by atoms with Gasteiger partial charge in [-0.3, -0.25) is 9.59 Å². The number of carbonyl (C=O) groups is 2. The molecule has 0 spiro atoms. The van der Waals surface area contributed by atoms with Gasteiger partial charge in [0, 0.05) is 18.8 Å². The van der Waals surface area contributed by atoms with Crippen molar-refractivity contribution in [3.8, 4) is 16.2 Å². The molecule has 1 unspecified atom stereocenters. The summed E-state index contributed by atoms with van der Waals surface area (Å²) in [4.78, 5) is 30.0. The van der Waals surface area contributed by atoms with E-state index in [2.05, 4.69) is 10.3 Å². The number of benzene rings is 1. The van der Waals surface area contributed by atoms with Crippen LogP contribution in [-0.2, 0) is 4.79 Å². The van der Waals surface area contributed by atoms with Crippen LogP contribution in [0.3, 0.4) is 0 Å². The number of anilines is 1. The monoisotopic (exact) mass is 395 g/mol. The minimum absolute atomic E-state index is 0.0791. The summed E-state index contributed by atoms with van der Waals surface area (Å²) in [6, 6.07) is 11.0. The topological polar surface area (TPSA) is 73.2 Å². The number of hydrogen-bond donors (Lipinski definition) is 1. The molecule has 144 valence electrons. The molecule has 4 rings (SSSR count). The average molecular weight is 395 g/mol. The van der Waals surface area contributed by atoms with Crippen LogP contribution in [0.2, 0.25) is 0 Å². The second-order valence-corrected chi connectivity index (χ2v) is 8.02. The van der Waals surface area contributed by atoms with E-state index in [-0.39, 0.29) is 23.8 Å². The Kier molecular flexibility index (Phi) is 5.00. The number of nitrogens with one attached hydrogen (secondary N) is 1. The lowest BCUT2D eigenvalue weighted by Gasteiger charge is -2.24. The maximum Gasteiger partial charge on any atom is 0.249 e. The smallest absolute Gasteiger partial charge is 0.249 e. The van der Waals surface area contributed by atoms with Gasteiger partial charge in [-0.15, -0.1) is 0 Å². The number of Topliss-reactive ketones (excluding diaryl/α,β-unsaturated/α-hetero) is 1. The summed E-state index contributed by atoms with van der Waals surface area (Å²) in [6.45, 7) is 3.98. The molecule has 3 aromatic rings. The van der Waals surface area contributed by atoms with E-state index in [4.69, 9.17) is 4.74 Å². The number of fused-ring (bicyclic) bond motifs is 1. The molecule has 0 fully saturated rings. The second-order valence-electron chi connectivity index (χ2n) is 6.99. The molecule has 3 heterocycles. The van der Waals surface area contributed by atoms with Crippen molar-refractivity contribution in [2.45, 2.75) is 38.8 Å². The van der Waals surface area contributed by atoms with Crippen LogP contribution in [-0.4, -0.2) is 27.3 Å². The number of thiazole rings is 1. The summed E-state index contributed by atoms with van der Waals surface area (Å²) >= 11 is 1.42. The van der Waals surface area contributed by atoms with E-state index in [1.165, 1.54) is 11.3 Å². The molecule has 28 heavy (non-hydrogen) atoms. The summed E-state index contributed by atoms with van der Waals surface area (Å²) in [7, 11) is 0. The molecule has 6 nitrogen and oxygen atoms in total. The van der Waals surface area contributed by atoms with Gasteiger partial charge in [-0.05, 0) is 62.2 Å². The summed E-state index contributed by atoms with van der Waals surface area (Å²) in [5, 5.41) is 3.45. The van der Waals surface area contributed by atoms with E-state index in [0.29, 0.717) is 23.7 Å². The first kappa shape index (κ1) is 18.4. The maximum absolute atomic E-state index is 12.7. The van der Waals surface area contributed by atoms with Crippen molar-refractivity contribution in [3.63, 3.8) is 0 Å². The lowest BCUT2D eigenvalue weighted by atomic mass is 10.0. The van der Waals surface area contributed by atoms with Gasteiger partial charge in [0.05, 0.1) is 16.7 Å². The highest BCUT2D eigenvalue weighted by molar-refractivity contribution is 7.19. The zero-order valence-electron chi connectivity index (χ0n) is 15.7. The van der Waals surface area contributed by atoms with Crippen LogP contribution >= 0.6 is 11.3 Å². The van der Waals surface area contributed by atoms with Gasteiger partial charge in [0.1, 0.15) is 11.8 Å². The summed E-state index contributed by atoms with van der Waals surface area (Å²) < 4.78 is 7.42. The Balaban J connectivity index is 1.46. The van der Waals surface area contributed by atoms with Crippen molar-refractivity contribution in [2.24, 2.45) is 0 Å². The van der Waals surface area contributed by atoms with E-state index in [1.807, 2.05) is 38.1 Å². The highest BCUT2D eigenvalue weighted by atomic mass is 32.1. The van der Waals surface area contributed by atoms with Crippen LogP contribution in [0.4, 0.5) is 5.13 Å². The van der Waals surface area contributed by atoms with Crippen LogP contribution < -0.4 is 10.1 Å². The maximum atomic E-state index is 12.7. The van der Waals surface area contributed by atoms with Crippen LogP contribution in [0.15, 0.2) is 48.8 Å². The first-order valence-electron chi connectivity index (χ1n) is 9.25. The Morgan fingerprint density at radius 2 is 2.07 bits per heavy atom. The SMILES string of the molecule is CC(C)Oc1ccc(-c2cnc(NC(=O)C3CCC(=O)c4cccn43)s2)cc1. The van der Waals surface area contributed by atoms with Gasteiger partial charge in [0.25, 0.3) is 0 Å². The average Bonchev–Trinajstić information content (AvgIpc) is 3.32. The van der Waals surface area contributed by atoms with E-state index >= 15 is 0 Å². The van der Waals surface area contributed by atoms with Crippen molar-refractivity contribution >= 4 is 28.2 Å². The molecular weight excluding hydrogens is 374 g/mol. The third-order valence-electron chi connectivity index (χ3n) is 4.59. The number of hydrogen-bond acceptors (Lipinski definition) is 5. The van der Waals surface area contributed by atoms with E-state index < -0.39 is 0 Å². The molecule has 0 aliphatic carbocycles. The number of ketones is 1. The molecule has 7 heteroatoms. The van der Waals surface area contributed by atoms with Crippen LogP contribution in [0.25, 0.3) is 10.4 Å². The number of ether oxygens (including phenoxy) is 1. The molecule has 1 aliphatic heterocycles. The molecule has 2 aromatic heterocycles. The summed E-state index contributed by atoms with van der Waals surface area (Å²) in [6.07, 6.45) is 4.55. The molecular formula is C21H21N3O3S. The predicted molar refractivity (Wildman–Crippen MR) is 109 cm³/mol. The minimum atomic E-state index is -0.387. The van der Waals surface area contributed by atoms with Crippen LogP contribution in [0.1, 0.15) is 43.2 Å². The fraction of sp³-hybridized carbons (Fsp3) is 0.286. The first-order valence-corrected chi connectivity index (χ1v) is 10.1. The van der Waals surface area contributed by atoms with Gasteiger partial charge in [0.15, 0.2) is 10.9 Å².